The highest BCUT2D eigenvalue weighted by Crippen LogP contribution is 2.14. The van der Waals surface area contributed by atoms with Crippen molar-refractivity contribution in [1.82, 2.24) is 19.6 Å². The first-order valence-corrected chi connectivity index (χ1v) is 8.89. The van der Waals surface area contributed by atoms with E-state index < -0.39 is 21.1 Å². The van der Waals surface area contributed by atoms with Crippen LogP contribution in [-0.4, -0.2) is 48.8 Å². The van der Waals surface area contributed by atoms with E-state index in [1.54, 1.807) is 4.90 Å². The van der Waals surface area contributed by atoms with Crippen LogP contribution >= 0.6 is 0 Å². The van der Waals surface area contributed by atoms with Crippen molar-refractivity contribution in [2.75, 3.05) is 19.6 Å². The lowest BCUT2D eigenvalue weighted by molar-refractivity contribution is -0.128. The zero-order valence-corrected chi connectivity index (χ0v) is 13.5. The normalized spacial score (nSPS) is 15.1. The summed E-state index contributed by atoms with van der Waals surface area (Å²) in [5, 5.41) is 0. The molecule has 0 aliphatic carbocycles. The lowest BCUT2D eigenvalue weighted by Crippen LogP contribution is -2.38. The summed E-state index contributed by atoms with van der Waals surface area (Å²) in [5.74, 6) is -0.269. The second-order valence-electron chi connectivity index (χ2n) is 5.53. The maximum absolute atomic E-state index is 12.3. The van der Waals surface area contributed by atoms with Gasteiger partial charge in [-0.3, -0.25) is 14.4 Å². The van der Waals surface area contributed by atoms with Gasteiger partial charge in [0.15, 0.2) is 0 Å². The molecule has 1 amide bonds. The van der Waals surface area contributed by atoms with Crippen LogP contribution in [0.5, 0.6) is 0 Å². The molecule has 3 N–H and O–H groups in total. The van der Waals surface area contributed by atoms with Crippen LogP contribution in [-0.2, 0) is 14.8 Å². The predicted molar refractivity (Wildman–Crippen MR) is 86.2 cm³/mol. The van der Waals surface area contributed by atoms with Gasteiger partial charge < -0.3 is 14.9 Å². The number of carbonyl (C=O) groups is 1. The number of H-pyrrole nitrogens is 2. The zero-order valence-electron chi connectivity index (χ0n) is 12.7. The van der Waals surface area contributed by atoms with Gasteiger partial charge in [0, 0.05) is 13.1 Å². The molecule has 0 unspecified atom stereocenters. The number of fused-ring (bicyclic) bond motifs is 1. The lowest BCUT2D eigenvalue weighted by atomic mass is 10.3. The number of rotatable bonds is 4. The van der Waals surface area contributed by atoms with Gasteiger partial charge in [0.25, 0.3) is 0 Å². The Morgan fingerprint density at radius 2 is 1.71 bits per heavy atom. The highest BCUT2D eigenvalue weighted by molar-refractivity contribution is 7.89. The number of carbonyl (C=O) groups excluding carboxylic acids is 1. The van der Waals surface area contributed by atoms with E-state index in [1.165, 1.54) is 18.2 Å². The number of aromatic nitrogens is 2. The number of sulfonamides is 1. The molecule has 1 aromatic heterocycles. The van der Waals surface area contributed by atoms with Gasteiger partial charge >= 0.3 is 11.1 Å². The fourth-order valence-electron chi connectivity index (χ4n) is 2.58. The number of likely N-dealkylation sites (tertiary alicyclic amines) is 1. The molecule has 2 aromatic rings. The molecule has 2 heterocycles. The molecular weight excluding hydrogens is 336 g/mol. The van der Waals surface area contributed by atoms with E-state index in [1.807, 2.05) is 0 Å². The topological polar surface area (TPSA) is 132 Å². The molecule has 10 heteroatoms. The van der Waals surface area contributed by atoms with E-state index in [4.69, 9.17) is 0 Å². The minimum absolute atomic E-state index is 0.105. The van der Waals surface area contributed by atoms with Crippen LogP contribution in [0.25, 0.3) is 11.0 Å². The summed E-state index contributed by atoms with van der Waals surface area (Å²) in [7, 11) is -3.91. The van der Waals surface area contributed by atoms with Gasteiger partial charge in [-0.25, -0.2) is 13.1 Å². The maximum atomic E-state index is 12.3. The van der Waals surface area contributed by atoms with Crippen LogP contribution in [0.15, 0.2) is 32.7 Å². The van der Waals surface area contributed by atoms with Crippen molar-refractivity contribution in [3.8, 4) is 0 Å². The van der Waals surface area contributed by atoms with Crippen molar-refractivity contribution in [3.63, 3.8) is 0 Å². The monoisotopic (exact) mass is 352 g/mol. The van der Waals surface area contributed by atoms with E-state index in [0.717, 1.165) is 12.8 Å². The average Bonchev–Trinajstić information content (AvgIpc) is 3.08. The first-order valence-electron chi connectivity index (χ1n) is 7.41. The van der Waals surface area contributed by atoms with Crippen LogP contribution in [0.3, 0.4) is 0 Å². The maximum Gasteiger partial charge on any atom is 0.314 e. The molecule has 1 aliphatic rings. The SMILES string of the molecule is O=C(CNS(=O)(=O)c1ccc2[nH]c(=O)c(=O)[nH]c2c1)N1CCCC1. The van der Waals surface area contributed by atoms with Crippen molar-refractivity contribution in [3.05, 3.63) is 38.9 Å². The molecule has 0 spiro atoms. The molecule has 9 nitrogen and oxygen atoms in total. The fourth-order valence-corrected chi connectivity index (χ4v) is 3.58. The Hall–Kier alpha value is -2.46. The second kappa shape index (κ2) is 6.21. The summed E-state index contributed by atoms with van der Waals surface area (Å²) in [6.07, 6.45) is 1.85. The molecule has 0 bridgehead atoms. The largest absolute Gasteiger partial charge is 0.342 e. The number of hydrogen-bond donors (Lipinski definition) is 3. The molecule has 0 saturated carbocycles. The minimum atomic E-state index is -3.91. The van der Waals surface area contributed by atoms with Gasteiger partial charge in [-0.2, -0.15) is 0 Å². The summed E-state index contributed by atoms with van der Waals surface area (Å²) in [6, 6.07) is 3.90. The van der Waals surface area contributed by atoms with Gasteiger partial charge in [-0.1, -0.05) is 0 Å². The highest BCUT2D eigenvalue weighted by atomic mass is 32.2. The Labute approximate surface area is 136 Å². The molecule has 0 radical (unpaired) electrons. The highest BCUT2D eigenvalue weighted by Gasteiger charge is 2.21. The fraction of sp³-hybridized carbons (Fsp3) is 0.357. The summed E-state index contributed by atoms with van der Waals surface area (Å²) >= 11 is 0. The zero-order chi connectivity index (χ0) is 17.3. The van der Waals surface area contributed by atoms with Crippen LogP contribution in [0.4, 0.5) is 0 Å². The number of benzene rings is 1. The number of hydrogen-bond acceptors (Lipinski definition) is 5. The first-order chi connectivity index (χ1) is 11.4. The molecule has 128 valence electrons. The van der Waals surface area contributed by atoms with Gasteiger partial charge in [-0.05, 0) is 31.0 Å². The predicted octanol–water partition coefficient (Wildman–Crippen LogP) is -0.883. The number of amides is 1. The average molecular weight is 352 g/mol. The van der Waals surface area contributed by atoms with Crippen molar-refractivity contribution < 1.29 is 13.2 Å². The van der Waals surface area contributed by atoms with Crippen LogP contribution in [0.1, 0.15) is 12.8 Å². The number of nitrogens with one attached hydrogen (secondary N) is 3. The minimum Gasteiger partial charge on any atom is -0.342 e. The summed E-state index contributed by atoms with van der Waals surface area (Å²) in [6.45, 7) is 0.971. The van der Waals surface area contributed by atoms with Gasteiger partial charge in [0.1, 0.15) is 0 Å². The summed E-state index contributed by atoms with van der Waals surface area (Å²) in [4.78, 5) is 40.7. The molecule has 1 fully saturated rings. The summed E-state index contributed by atoms with van der Waals surface area (Å²) in [5.41, 5.74) is -1.18. The van der Waals surface area contributed by atoms with E-state index in [9.17, 15) is 22.8 Å². The van der Waals surface area contributed by atoms with Crippen LogP contribution < -0.4 is 15.8 Å². The molecule has 1 saturated heterocycles. The molecule has 1 aliphatic heterocycles. The number of aromatic amines is 2. The van der Waals surface area contributed by atoms with Crippen molar-refractivity contribution >= 4 is 27.0 Å². The van der Waals surface area contributed by atoms with Gasteiger partial charge in [0.2, 0.25) is 15.9 Å². The van der Waals surface area contributed by atoms with E-state index in [-0.39, 0.29) is 22.9 Å². The van der Waals surface area contributed by atoms with Crippen molar-refractivity contribution in [2.45, 2.75) is 17.7 Å². The van der Waals surface area contributed by atoms with E-state index in [0.29, 0.717) is 18.6 Å². The Kier molecular flexibility index (Phi) is 4.24. The molecule has 3 rings (SSSR count). The third-order valence-corrected chi connectivity index (χ3v) is 5.28. The Balaban J connectivity index is 1.82. The summed E-state index contributed by atoms with van der Waals surface area (Å²) < 4.78 is 26.9. The lowest BCUT2D eigenvalue weighted by Gasteiger charge is -2.15. The number of nitrogens with zero attached hydrogens (tertiary/aromatic N) is 1. The Morgan fingerprint density at radius 1 is 1.08 bits per heavy atom. The van der Waals surface area contributed by atoms with Gasteiger partial charge in [0.05, 0.1) is 22.5 Å². The molecule has 24 heavy (non-hydrogen) atoms. The quantitative estimate of drug-likeness (QED) is 0.615. The van der Waals surface area contributed by atoms with Crippen LogP contribution in [0, 0.1) is 0 Å². The van der Waals surface area contributed by atoms with Crippen molar-refractivity contribution in [1.29, 1.82) is 0 Å². The second-order valence-corrected chi connectivity index (χ2v) is 7.30. The third kappa shape index (κ3) is 3.24. The first kappa shape index (κ1) is 16.4. The molecular formula is C14H16N4O5S. The smallest absolute Gasteiger partial charge is 0.314 e. The molecule has 1 aromatic carbocycles. The Bertz CT molecular complexity index is 1000. The molecule has 0 atom stereocenters. The standard InChI is InChI=1S/C14H16N4O5S/c19-12(18-5-1-2-6-18)8-15-24(22,23)9-3-4-10-11(7-9)17-14(21)13(20)16-10/h3-4,7,15H,1-2,5-6,8H2,(H,16,20)(H,17,21). The van der Waals surface area contributed by atoms with Crippen LogP contribution in [0.2, 0.25) is 0 Å². The van der Waals surface area contributed by atoms with E-state index in [2.05, 4.69) is 14.7 Å². The van der Waals surface area contributed by atoms with Gasteiger partial charge in [-0.15, -0.1) is 0 Å². The van der Waals surface area contributed by atoms with Crippen molar-refractivity contribution in [2.24, 2.45) is 0 Å². The van der Waals surface area contributed by atoms with E-state index >= 15 is 0 Å². The third-order valence-electron chi connectivity index (χ3n) is 3.88. The Morgan fingerprint density at radius 3 is 2.38 bits per heavy atom.